The van der Waals surface area contributed by atoms with E-state index in [1.54, 1.807) is 10.6 Å². The molecule has 0 atom stereocenters. The van der Waals surface area contributed by atoms with Crippen LogP contribution in [0.4, 0.5) is 0 Å². The Kier molecular flexibility index (Phi) is 1.13. The fourth-order valence-electron chi connectivity index (χ4n) is 1.30. The van der Waals surface area contributed by atoms with Crippen LogP contribution in [0.15, 0.2) is 23.0 Å². The first-order valence-electron chi connectivity index (χ1n) is 3.42. The molecule has 0 amide bonds. The van der Waals surface area contributed by atoms with Crippen molar-refractivity contribution in [3.05, 3.63) is 40.8 Å². The van der Waals surface area contributed by atoms with E-state index in [1.165, 1.54) is 0 Å². The first-order valence-corrected chi connectivity index (χ1v) is 3.42. The van der Waals surface area contributed by atoms with Crippen molar-refractivity contribution >= 4 is 0 Å². The highest BCUT2D eigenvalue weighted by Gasteiger charge is 2.09. The van der Waals surface area contributed by atoms with Crippen LogP contribution in [0.3, 0.4) is 0 Å². The largest absolute Gasteiger partial charge is 0.308 e. The molecule has 0 aliphatic carbocycles. The zero-order valence-corrected chi connectivity index (χ0v) is 5.58. The third-order valence-corrected chi connectivity index (χ3v) is 1.79. The van der Waals surface area contributed by atoms with Gasteiger partial charge in [0.05, 0.1) is 6.54 Å². The molecule has 1 aromatic rings. The lowest BCUT2D eigenvalue weighted by atomic mass is 10.3. The second-order valence-corrected chi connectivity index (χ2v) is 2.45. The van der Waals surface area contributed by atoms with Crippen molar-refractivity contribution in [2.24, 2.45) is 0 Å². The van der Waals surface area contributed by atoms with Crippen LogP contribution >= 0.6 is 0 Å². The predicted octanol–water partition coefficient (Wildman–Crippen LogP) is 0.804. The lowest BCUT2D eigenvalue weighted by molar-refractivity contribution is 0.914. The van der Waals surface area contributed by atoms with Gasteiger partial charge in [-0.15, -0.1) is 0 Å². The van der Waals surface area contributed by atoms with Crippen LogP contribution < -0.4 is 5.56 Å². The molecule has 2 heteroatoms. The molecule has 0 N–H and O–H groups in total. The van der Waals surface area contributed by atoms with Crippen molar-refractivity contribution in [3.63, 3.8) is 0 Å². The Bertz CT molecular complexity index is 300. The van der Waals surface area contributed by atoms with Crippen LogP contribution in [-0.4, -0.2) is 4.57 Å². The Morgan fingerprint density at radius 3 is 3.10 bits per heavy atom. The fraction of sp³-hybridized carbons (Fsp3) is 0.250. The fourth-order valence-corrected chi connectivity index (χ4v) is 1.30. The topological polar surface area (TPSA) is 22.0 Å². The van der Waals surface area contributed by atoms with Crippen LogP contribution in [-0.2, 0) is 6.42 Å². The Labute approximate surface area is 59.1 Å². The summed E-state index contributed by atoms with van der Waals surface area (Å²) >= 11 is 0. The van der Waals surface area contributed by atoms with Gasteiger partial charge in [0.25, 0.3) is 5.56 Å². The average Bonchev–Trinajstić information content (AvgIpc) is 2.36. The Hall–Kier alpha value is -1.05. The van der Waals surface area contributed by atoms with Crippen molar-refractivity contribution in [2.75, 3.05) is 0 Å². The molecule has 51 valence electrons. The highest BCUT2D eigenvalue weighted by Crippen LogP contribution is 2.11. The molecule has 1 aromatic heterocycles. The second kappa shape index (κ2) is 1.97. The van der Waals surface area contributed by atoms with E-state index in [2.05, 4.69) is 0 Å². The molecule has 0 saturated heterocycles. The zero-order valence-electron chi connectivity index (χ0n) is 5.58. The van der Waals surface area contributed by atoms with Gasteiger partial charge in [0.15, 0.2) is 0 Å². The van der Waals surface area contributed by atoms with E-state index < -0.39 is 0 Å². The van der Waals surface area contributed by atoms with E-state index in [0.717, 1.165) is 18.5 Å². The third-order valence-electron chi connectivity index (χ3n) is 1.79. The molecule has 0 fully saturated rings. The molecule has 10 heavy (non-hydrogen) atoms. The van der Waals surface area contributed by atoms with Crippen LogP contribution in [0.1, 0.15) is 12.1 Å². The zero-order chi connectivity index (χ0) is 6.97. The summed E-state index contributed by atoms with van der Waals surface area (Å²) in [6.07, 6.45) is 2.01. The van der Waals surface area contributed by atoms with Crippen LogP contribution in [0.2, 0.25) is 0 Å². The van der Waals surface area contributed by atoms with Crippen LogP contribution in [0.5, 0.6) is 0 Å². The first kappa shape index (κ1) is 5.71. The minimum atomic E-state index is 0.0926. The summed E-state index contributed by atoms with van der Waals surface area (Å²) in [5, 5.41) is 0. The molecule has 0 spiro atoms. The smallest absolute Gasteiger partial charge is 0.251 e. The van der Waals surface area contributed by atoms with Gasteiger partial charge in [-0.25, -0.2) is 0 Å². The lowest BCUT2D eigenvalue weighted by Gasteiger charge is -1.97. The van der Waals surface area contributed by atoms with Gasteiger partial charge < -0.3 is 4.57 Å². The molecular formula is C8H8NO. The minimum Gasteiger partial charge on any atom is -0.308 e. The molecule has 2 nitrogen and oxygen atoms in total. The van der Waals surface area contributed by atoms with Gasteiger partial charge in [-0.1, -0.05) is 6.07 Å². The van der Waals surface area contributed by atoms with Crippen molar-refractivity contribution in [2.45, 2.75) is 12.8 Å². The Morgan fingerprint density at radius 1 is 1.40 bits per heavy atom. The summed E-state index contributed by atoms with van der Waals surface area (Å²) in [6.45, 7) is 1.94. The molecule has 1 aliphatic heterocycles. The van der Waals surface area contributed by atoms with Crippen molar-refractivity contribution in [3.8, 4) is 0 Å². The van der Waals surface area contributed by atoms with E-state index in [4.69, 9.17) is 0 Å². The van der Waals surface area contributed by atoms with E-state index in [0.29, 0.717) is 0 Å². The van der Waals surface area contributed by atoms with Gasteiger partial charge in [0, 0.05) is 11.8 Å². The number of pyridine rings is 1. The van der Waals surface area contributed by atoms with E-state index in [1.807, 2.05) is 18.7 Å². The summed E-state index contributed by atoms with van der Waals surface area (Å²) in [5.74, 6) is 0. The number of nitrogens with zero attached hydrogens (tertiary/aromatic N) is 1. The first-order chi connectivity index (χ1) is 4.88. The molecule has 0 aromatic carbocycles. The molecular weight excluding hydrogens is 126 g/mol. The van der Waals surface area contributed by atoms with E-state index in [9.17, 15) is 4.79 Å². The summed E-state index contributed by atoms with van der Waals surface area (Å²) in [6, 6.07) is 5.39. The maximum Gasteiger partial charge on any atom is 0.251 e. The third kappa shape index (κ3) is 0.685. The van der Waals surface area contributed by atoms with E-state index in [-0.39, 0.29) is 5.56 Å². The molecule has 2 rings (SSSR count). The highest BCUT2D eigenvalue weighted by molar-refractivity contribution is 5.13. The van der Waals surface area contributed by atoms with Crippen molar-refractivity contribution < 1.29 is 0 Å². The molecule has 0 bridgehead atoms. The monoisotopic (exact) mass is 134 g/mol. The molecule has 1 radical (unpaired) electrons. The number of fused-ring (bicyclic) bond motifs is 1. The number of aryl methyl sites for hydroxylation is 1. The van der Waals surface area contributed by atoms with Crippen LogP contribution in [0, 0.1) is 6.54 Å². The summed E-state index contributed by atoms with van der Waals surface area (Å²) in [5.41, 5.74) is 1.22. The number of rotatable bonds is 0. The SMILES string of the molecule is O=c1cccc2n1[CH]CC2. The van der Waals surface area contributed by atoms with Crippen LogP contribution in [0.25, 0.3) is 0 Å². The maximum atomic E-state index is 11.0. The predicted molar refractivity (Wildman–Crippen MR) is 38.7 cm³/mol. The van der Waals surface area contributed by atoms with E-state index >= 15 is 0 Å². The van der Waals surface area contributed by atoms with Gasteiger partial charge >= 0.3 is 0 Å². The Balaban J connectivity index is 2.70. The molecule has 1 aliphatic rings. The molecule has 0 unspecified atom stereocenters. The normalized spacial score (nSPS) is 15.2. The van der Waals surface area contributed by atoms with Gasteiger partial charge in [0.1, 0.15) is 0 Å². The van der Waals surface area contributed by atoms with Crippen molar-refractivity contribution in [1.82, 2.24) is 4.57 Å². The van der Waals surface area contributed by atoms with Gasteiger partial charge in [-0.2, -0.15) is 0 Å². The molecule has 2 heterocycles. The summed E-state index contributed by atoms with van der Waals surface area (Å²) < 4.78 is 1.72. The van der Waals surface area contributed by atoms with Gasteiger partial charge in [0.2, 0.25) is 0 Å². The average molecular weight is 134 g/mol. The highest BCUT2D eigenvalue weighted by atomic mass is 16.1. The summed E-state index contributed by atoms with van der Waals surface area (Å²) in [7, 11) is 0. The summed E-state index contributed by atoms with van der Waals surface area (Å²) in [4.78, 5) is 11.0. The lowest BCUT2D eigenvalue weighted by Crippen LogP contribution is -2.15. The molecule has 0 saturated carbocycles. The number of aromatic nitrogens is 1. The number of hydrogen-bond acceptors (Lipinski definition) is 1. The van der Waals surface area contributed by atoms with Gasteiger partial charge in [-0.3, -0.25) is 4.79 Å². The van der Waals surface area contributed by atoms with Gasteiger partial charge in [-0.05, 0) is 18.9 Å². The quantitative estimate of drug-likeness (QED) is 0.514. The second-order valence-electron chi connectivity index (χ2n) is 2.45. The standard InChI is InChI=1S/C8H8NO/c10-8-5-1-3-7-4-2-6-9(7)8/h1,3,5-6H,2,4H2. The Morgan fingerprint density at radius 2 is 2.30 bits per heavy atom. The minimum absolute atomic E-state index is 0.0926. The maximum absolute atomic E-state index is 11.0. The number of hydrogen-bond donors (Lipinski definition) is 0. The van der Waals surface area contributed by atoms with Crippen molar-refractivity contribution in [1.29, 1.82) is 0 Å².